The Balaban J connectivity index is 0.000000891. The summed E-state index contributed by atoms with van der Waals surface area (Å²) < 4.78 is 23.8. The number of aliphatic hydroxyl groups is 2. The van der Waals surface area contributed by atoms with Gasteiger partial charge in [-0.1, -0.05) is 27.7 Å². The number of hydrogen-bond donors (Lipinski definition) is 2. The van der Waals surface area contributed by atoms with Crippen molar-refractivity contribution in [3.63, 3.8) is 0 Å². The minimum Gasteiger partial charge on any atom is -0.400 e. The van der Waals surface area contributed by atoms with Gasteiger partial charge in [0.25, 0.3) is 0 Å². The van der Waals surface area contributed by atoms with Gasteiger partial charge in [0.1, 0.15) is 6.10 Å². The predicted molar refractivity (Wildman–Crippen MR) is 90.0 cm³/mol. The van der Waals surface area contributed by atoms with E-state index in [2.05, 4.69) is 41.5 Å². The van der Waals surface area contributed by atoms with Gasteiger partial charge in [0, 0.05) is 7.09 Å². The lowest BCUT2D eigenvalue weighted by Crippen LogP contribution is -2.55. The first-order valence-corrected chi connectivity index (χ1v) is 8.70. The summed E-state index contributed by atoms with van der Waals surface area (Å²) in [5.74, 6) is 1.31. The second-order valence-electron chi connectivity index (χ2n) is 7.28. The molecule has 4 unspecified atom stereocenters. The minimum atomic E-state index is -0.578. The van der Waals surface area contributed by atoms with E-state index < -0.39 is 19.5 Å². The van der Waals surface area contributed by atoms with Crippen molar-refractivity contribution in [3.8, 4) is 0 Å². The quantitative estimate of drug-likeness (QED) is 0.812. The Morgan fingerprint density at radius 1 is 0.783 bits per heavy atom. The molecule has 0 aromatic rings. The lowest BCUT2D eigenvalue weighted by Gasteiger charge is -2.47. The molecule has 2 saturated heterocycles. The Bertz CT molecular complexity index is 369. The summed E-state index contributed by atoms with van der Waals surface area (Å²) in [7, 11) is -0.500. The largest absolute Gasteiger partial charge is 0.400 e. The third-order valence-corrected chi connectivity index (χ3v) is 6.01. The van der Waals surface area contributed by atoms with Gasteiger partial charge in [-0.2, -0.15) is 0 Å². The SMILES string of the molecule is CC1O[C@@H](O[C@H]2C(C)[C@@H](C)C(C)O[C@H]2C)[C@@H](O)C(C)[C@H]1C.[2H]CO. The summed E-state index contributed by atoms with van der Waals surface area (Å²) in [5, 5.41) is 17.7. The molecule has 0 aromatic carbocycles. The molecule has 0 amide bonds. The Morgan fingerprint density at radius 3 is 1.83 bits per heavy atom. The number of rotatable bonds is 2. The van der Waals surface area contributed by atoms with E-state index in [-0.39, 0.29) is 30.3 Å². The highest BCUT2D eigenvalue weighted by Gasteiger charge is 2.44. The van der Waals surface area contributed by atoms with Crippen molar-refractivity contribution in [2.75, 3.05) is 7.09 Å². The van der Waals surface area contributed by atoms with E-state index in [1.54, 1.807) is 0 Å². The van der Waals surface area contributed by atoms with Gasteiger partial charge in [0.15, 0.2) is 6.29 Å². The molecule has 10 atom stereocenters. The molecule has 2 N–H and O–H groups in total. The predicted octanol–water partition coefficient (Wildman–Crippen LogP) is 2.44. The highest BCUT2D eigenvalue weighted by Crippen LogP contribution is 2.36. The molecule has 2 fully saturated rings. The van der Waals surface area contributed by atoms with E-state index in [4.69, 9.17) is 20.7 Å². The molecular weight excluding hydrogens is 296 g/mol. The summed E-state index contributed by atoms with van der Waals surface area (Å²) in [5.41, 5.74) is 0. The molecule has 5 nitrogen and oxygen atoms in total. The zero-order valence-corrected chi connectivity index (χ0v) is 15.6. The summed E-state index contributed by atoms with van der Waals surface area (Å²) in [6.07, 6.45) is -0.809. The van der Waals surface area contributed by atoms with Gasteiger partial charge in [0.2, 0.25) is 0 Å². The maximum Gasteiger partial charge on any atom is 0.184 e. The van der Waals surface area contributed by atoms with Crippen LogP contribution in [0, 0.1) is 23.7 Å². The van der Waals surface area contributed by atoms with Crippen LogP contribution in [0.2, 0.25) is 0 Å². The van der Waals surface area contributed by atoms with Gasteiger partial charge in [-0.15, -0.1) is 0 Å². The third kappa shape index (κ3) is 4.45. The van der Waals surface area contributed by atoms with Crippen LogP contribution in [-0.4, -0.2) is 54.1 Å². The fourth-order valence-electron chi connectivity index (χ4n) is 3.60. The minimum absolute atomic E-state index is 0.0203. The van der Waals surface area contributed by atoms with Crippen molar-refractivity contribution < 1.29 is 25.8 Å². The van der Waals surface area contributed by atoms with Crippen LogP contribution in [0.5, 0.6) is 0 Å². The molecule has 0 spiro atoms. The first kappa shape index (κ1) is 19.1. The van der Waals surface area contributed by atoms with Crippen LogP contribution in [0.3, 0.4) is 0 Å². The van der Waals surface area contributed by atoms with E-state index in [9.17, 15) is 5.11 Å². The van der Waals surface area contributed by atoms with Crippen molar-refractivity contribution in [2.45, 2.75) is 85.3 Å². The van der Waals surface area contributed by atoms with Gasteiger partial charge >= 0.3 is 0 Å². The summed E-state index contributed by atoms with van der Waals surface area (Å²) >= 11 is 0. The van der Waals surface area contributed by atoms with Crippen LogP contribution >= 0.6 is 0 Å². The third-order valence-electron chi connectivity index (χ3n) is 6.01. The molecule has 2 aliphatic rings. The average molecular weight is 333 g/mol. The average Bonchev–Trinajstić information content (AvgIpc) is 2.52. The molecule has 2 aliphatic heterocycles. The summed E-state index contributed by atoms with van der Waals surface area (Å²) in [6.45, 7) is 14.8. The Morgan fingerprint density at radius 2 is 1.26 bits per heavy atom. The highest BCUT2D eigenvalue weighted by atomic mass is 16.7. The number of aliphatic hydroxyl groups excluding tert-OH is 2. The van der Waals surface area contributed by atoms with E-state index in [1.165, 1.54) is 0 Å². The maximum atomic E-state index is 10.5. The topological polar surface area (TPSA) is 68.2 Å². The molecule has 5 heteroatoms. The Labute approximate surface area is 142 Å². The van der Waals surface area contributed by atoms with Crippen molar-refractivity contribution in [1.29, 1.82) is 0 Å². The Hall–Kier alpha value is -0.200. The second kappa shape index (κ2) is 8.77. The van der Waals surface area contributed by atoms with E-state index in [1.807, 2.05) is 6.92 Å². The van der Waals surface area contributed by atoms with E-state index >= 15 is 0 Å². The summed E-state index contributed by atoms with van der Waals surface area (Å²) in [4.78, 5) is 0. The number of hydrogen-bond acceptors (Lipinski definition) is 5. The zero-order chi connectivity index (χ0) is 18.6. The molecule has 138 valence electrons. The van der Waals surface area contributed by atoms with E-state index in [0.29, 0.717) is 17.8 Å². The molecule has 2 rings (SSSR count). The molecular formula is C18H36O5. The normalized spacial score (nSPS) is 51.4. The molecule has 0 saturated carbocycles. The molecule has 0 aromatic heterocycles. The zero-order valence-electron chi connectivity index (χ0n) is 16.6. The van der Waals surface area contributed by atoms with Gasteiger partial charge in [0.05, 0.1) is 25.8 Å². The van der Waals surface area contributed by atoms with Crippen LogP contribution in [0.25, 0.3) is 0 Å². The van der Waals surface area contributed by atoms with Crippen molar-refractivity contribution in [3.05, 3.63) is 0 Å². The molecule has 0 radical (unpaired) electrons. The summed E-state index contributed by atoms with van der Waals surface area (Å²) in [6, 6.07) is 0. The van der Waals surface area contributed by atoms with E-state index in [0.717, 1.165) is 0 Å². The fraction of sp³-hybridized carbons (Fsp3) is 1.00. The van der Waals surface area contributed by atoms with Crippen LogP contribution in [0.15, 0.2) is 0 Å². The highest BCUT2D eigenvalue weighted by molar-refractivity contribution is 4.88. The smallest absolute Gasteiger partial charge is 0.184 e. The van der Waals surface area contributed by atoms with Crippen LogP contribution in [0.1, 0.15) is 49.8 Å². The lowest BCUT2D eigenvalue weighted by molar-refractivity contribution is -0.308. The monoisotopic (exact) mass is 333 g/mol. The molecule has 23 heavy (non-hydrogen) atoms. The van der Waals surface area contributed by atoms with Crippen molar-refractivity contribution in [1.82, 2.24) is 0 Å². The maximum absolute atomic E-state index is 10.5. The van der Waals surface area contributed by atoms with Crippen LogP contribution in [0.4, 0.5) is 0 Å². The van der Waals surface area contributed by atoms with Crippen molar-refractivity contribution in [2.24, 2.45) is 23.7 Å². The fourth-order valence-corrected chi connectivity index (χ4v) is 3.60. The standard InChI is InChI=1S/C17H32O4.CH4O/c1-8-10(3)15(18)17(20-13(8)6)21-16-11(4)9(2)12(5)19-14(16)7;1-2/h8-18H,1-7H3;2H,1H3/t8-,9-,10?,11?,12?,13?,14+,15+,16+,17+;/m1./s1/i;1D. The van der Waals surface area contributed by atoms with Gasteiger partial charge in [-0.25, -0.2) is 0 Å². The second-order valence-corrected chi connectivity index (χ2v) is 7.28. The van der Waals surface area contributed by atoms with Crippen LogP contribution in [-0.2, 0) is 14.2 Å². The Kier molecular flexibility index (Phi) is 7.29. The first-order valence-electron chi connectivity index (χ1n) is 9.40. The van der Waals surface area contributed by atoms with Gasteiger partial charge < -0.3 is 24.4 Å². The molecule has 0 aliphatic carbocycles. The van der Waals surface area contributed by atoms with Gasteiger partial charge in [-0.05, 0) is 44.4 Å². The lowest BCUT2D eigenvalue weighted by atomic mass is 9.81. The van der Waals surface area contributed by atoms with Gasteiger partial charge in [-0.3, -0.25) is 0 Å². The number of ether oxygens (including phenoxy) is 3. The first-order chi connectivity index (χ1) is 11.1. The van der Waals surface area contributed by atoms with Crippen LogP contribution < -0.4 is 0 Å². The molecule has 2 heterocycles. The molecule has 0 bridgehead atoms. The van der Waals surface area contributed by atoms with Crippen molar-refractivity contribution >= 4 is 0 Å².